The molecule has 0 heterocycles. The number of nitrogens with two attached hydrogens (primary N) is 2. The van der Waals surface area contributed by atoms with Crippen LogP contribution in [0, 0.1) is 5.41 Å². The number of amides is 2. The summed E-state index contributed by atoms with van der Waals surface area (Å²) in [6.45, 7) is 4.19. The zero-order valence-corrected chi connectivity index (χ0v) is 10.8. The molecule has 0 bridgehead atoms. The molecule has 0 aromatic heterocycles. The minimum absolute atomic E-state index is 0.0868. The minimum Gasteiger partial charge on any atom is -0.465 e. The number of aliphatic hydroxyl groups is 2. The first-order valence-electron chi connectivity index (χ1n) is 5.33. The molecule has 0 unspecified atom stereocenters. The van der Waals surface area contributed by atoms with Crippen molar-refractivity contribution in [1.29, 1.82) is 0 Å². The highest BCUT2D eigenvalue weighted by Crippen LogP contribution is 2.21. The van der Waals surface area contributed by atoms with Gasteiger partial charge in [0, 0.05) is 5.41 Å². The molecule has 110 valence electrons. The average Bonchev–Trinajstić information content (AvgIpc) is 2.24. The van der Waals surface area contributed by atoms with Crippen LogP contribution in [0.15, 0.2) is 0 Å². The Balaban J connectivity index is -0.000000233. The van der Waals surface area contributed by atoms with Crippen LogP contribution >= 0.6 is 0 Å². The van der Waals surface area contributed by atoms with Crippen molar-refractivity contribution in [3.8, 4) is 0 Å². The highest BCUT2D eigenvalue weighted by molar-refractivity contribution is 5.61. The monoisotopic (exact) mass is 268 g/mol. The Morgan fingerprint density at radius 1 is 1.06 bits per heavy atom. The van der Waals surface area contributed by atoms with Crippen molar-refractivity contribution in [2.75, 3.05) is 13.2 Å². The van der Waals surface area contributed by atoms with Gasteiger partial charge in [-0.1, -0.05) is 26.7 Å². The Morgan fingerprint density at radius 2 is 1.33 bits per heavy atom. The van der Waals surface area contributed by atoms with E-state index < -0.39 is 12.2 Å². The second kappa shape index (κ2) is 13.5. The van der Waals surface area contributed by atoms with Crippen LogP contribution in [0.4, 0.5) is 9.59 Å². The smallest absolute Gasteiger partial charge is 0.402 e. The van der Waals surface area contributed by atoms with Crippen LogP contribution in [0.1, 0.15) is 33.1 Å². The molecule has 0 rings (SSSR count). The van der Waals surface area contributed by atoms with Crippen LogP contribution < -0.4 is 11.5 Å². The van der Waals surface area contributed by atoms with Crippen LogP contribution in [0.2, 0.25) is 0 Å². The van der Waals surface area contributed by atoms with Gasteiger partial charge in [-0.3, -0.25) is 0 Å². The molecule has 0 radical (unpaired) electrons. The summed E-state index contributed by atoms with van der Waals surface area (Å²) in [7, 11) is 0. The van der Waals surface area contributed by atoms with E-state index in [1.165, 1.54) is 0 Å². The van der Waals surface area contributed by atoms with Gasteiger partial charge in [0.15, 0.2) is 0 Å². The van der Waals surface area contributed by atoms with E-state index in [1.54, 1.807) is 0 Å². The molecule has 0 aliphatic heterocycles. The van der Waals surface area contributed by atoms with E-state index in [4.69, 9.17) is 30.0 Å². The van der Waals surface area contributed by atoms with Gasteiger partial charge in [0.2, 0.25) is 0 Å². The number of unbranched alkanes of at least 4 members (excludes halogenated alkanes) is 1. The van der Waals surface area contributed by atoms with E-state index in [1.807, 2.05) is 6.92 Å². The largest absolute Gasteiger partial charge is 0.465 e. The normalized spacial score (nSPS) is 9.33. The summed E-state index contributed by atoms with van der Waals surface area (Å²) in [5, 5.41) is 32.1. The van der Waals surface area contributed by atoms with Crippen molar-refractivity contribution in [3.05, 3.63) is 0 Å². The van der Waals surface area contributed by atoms with E-state index in [0.29, 0.717) is 0 Å². The summed E-state index contributed by atoms with van der Waals surface area (Å²) in [5.74, 6) is 0. The minimum atomic E-state index is -1.33. The van der Waals surface area contributed by atoms with Crippen molar-refractivity contribution in [1.82, 2.24) is 0 Å². The van der Waals surface area contributed by atoms with Gasteiger partial charge in [-0.25, -0.2) is 9.59 Å². The van der Waals surface area contributed by atoms with Crippen molar-refractivity contribution < 1.29 is 30.0 Å². The molecular formula is C10H24N2O6. The number of hydrogen-bond donors (Lipinski definition) is 6. The molecule has 2 amide bonds. The molecule has 0 aromatic rings. The first kappa shape index (κ1) is 21.7. The number of primary amides is 2. The number of carbonyl (C=O) groups is 2. The highest BCUT2D eigenvalue weighted by atomic mass is 16.4. The first-order chi connectivity index (χ1) is 8.15. The topological polar surface area (TPSA) is 167 Å². The highest BCUT2D eigenvalue weighted by Gasteiger charge is 2.20. The van der Waals surface area contributed by atoms with E-state index in [2.05, 4.69) is 18.4 Å². The summed E-state index contributed by atoms with van der Waals surface area (Å²) in [6, 6.07) is 0. The third kappa shape index (κ3) is 29.3. The lowest BCUT2D eigenvalue weighted by Gasteiger charge is -2.23. The standard InChI is InChI=1S/C8H18O2.2CH3NO2/c1-3-4-5-8(2,6-9)7-10;2*2-1(3)4/h9-10H,3-7H2,1-2H3;2*2H2,(H,3,4). The lowest BCUT2D eigenvalue weighted by Crippen LogP contribution is -2.25. The summed E-state index contributed by atoms with van der Waals surface area (Å²) in [4.78, 5) is 17.6. The fourth-order valence-electron chi connectivity index (χ4n) is 0.812. The van der Waals surface area contributed by atoms with Gasteiger partial charge in [-0.15, -0.1) is 0 Å². The fraction of sp³-hybridized carbons (Fsp3) is 0.800. The summed E-state index contributed by atoms with van der Waals surface area (Å²) in [5.41, 5.74) is 7.80. The summed E-state index contributed by atoms with van der Waals surface area (Å²) in [6.07, 6.45) is 0.448. The zero-order chi connectivity index (χ0) is 15.2. The SMILES string of the molecule is CCCCC(C)(CO)CO.NC(=O)O.NC(=O)O. The molecule has 0 fully saturated rings. The fourth-order valence-corrected chi connectivity index (χ4v) is 0.812. The Kier molecular flexibility index (Phi) is 16.3. The van der Waals surface area contributed by atoms with Crippen molar-refractivity contribution >= 4 is 12.2 Å². The van der Waals surface area contributed by atoms with E-state index in [9.17, 15) is 0 Å². The summed E-state index contributed by atoms with van der Waals surface area (Å²) >= 11 is 0. The molecule has 0 saturated heterocycles. The Labute approximate surface area is 106 Å². The molecule has 18 heavy (non-hydrogen) atoms. The molecule has 0 atom stereocenters. The maximum atomic E-state index is 8.85. The molecule has 0 spiro atoms. The van der Waals surface area contributed by atoms with Gasteiger partial charge in [0.1, 0.15) is 0 Å². The number of carboxylic acid groups (broad SMARTS) is 2. The van der Waals surface area contributed by atoms with Crippen LogP contribution in [0.3, 0.4) is 0 Å². The molecule has 8 heteroatoms. The third-order valence-electron chi connectivity index (χ3n) is 1.90. The molecule has 8 nitrogen and oxygen atoms in total. The van der Waals surface area contributed by atoms with E-state index >= 15 is 0 Å². The van der Waals surface area contributed by atoms with E-state index in [-0.39, 0.29) is 18.6 Å². The number of aliphatic hydroxyl groups excluding tert-OH is 2. The van der Waals surface area contributed by atoms with Gasteiger partial charge in [0.05, 0.1) is 13.2 Å². The number of hydrogen-bond acceptors (Lipinski definition) is 4. The predicted molar refractivity (Wildman–Crippen MR) is 66.2 cm³/mol. The summed E-state index contributed by atoms with van der Waals surface area (Å²) < 4.78 is 0. The molecule has 0 aromatic carbocycles. The molecule has 0 aliphatic rings. The maximum Gasteiger partial charge on any atom is 0.402 e. The quantitative estimate of drug-likeness (QED) is 0.422. The van der Waals surface area contributed by atoms with Crippen LogP contribution in [0.25, 0.3) is 0 Å². The predicted octanol–water partition coefficient (Wildman–Crippen LogP) is 0.414. The zero-order valence-electron chi connectivity index (χ0n) is 10.8. The Hall–Kier alpha value is -1.54. The van der Waals surface area contributed by atoms with Gasteiger partial charge in [-0.2, -0.15) is 0 Å². The average molecular weight is 268 g/mol. The van der Waals surface area contributed by atoms with Gasteiger partial charge < -0.3 is 31.9 Å². The lowest BCUT2D eigenvalue weighted by atomic mass is 9.87. The Bertz CT molecular complexity index is 198. The lowest BCUT2D eigenvalue weighted by molar-refractivity contribution is 0.0610. The van der Waals surface area contributed by atoms with Gasteiger partial charge in [-0.05, 0) is 6.42 Å². The van der Waals surface area contributed by atoms with Crippen LogP contribution in [-0.2, 0) is 0 Å². The van der Waals surface area contributed by atoms with Crippen molar-refractivity contribution in [2.24, 2.45) is 16.9 Å². The van der Waals surface area contributed by atoms with Gasteiger partial charge in [0.25, 0.3) is 0 Å². The number of rotatable bonds is 5. The molecule has 0 aliphatic carbocycles. The van der Waals surface area contributed by atoms with Crippen LogP contribution in [-0.4, -0.2) is 45.8 Å². The van der Waals surface area contributed by atoms with Crippen molar-refractivity contribution in [3.63, 3.8) is 0 Å². The van der Waals surface area contributed by atoms with Crippen LogP contribution in [0.5, 0.6) is 0 Å². The van der Waals surface area contributed by atoms with Crippen molar-refractivity contribution in [2.45, 2.75) is 33.1 Å². The molecular weight excluding hydrogens is 244 g/mol. The molecule has 8 N–H and O–H groups in total. The van der Waals surface area contributed by atoms with Gasteiger partial charge >= 0.3 is 12.2 Å². The maximum absolute atomic E-state index is 8.85. The Morgan fingerprint density at radius 3 is 1.50 bits per heavy atom. The van der Waals surface area contributed by atoms with E-state index in [0.717, 1.165) is 19.3 Å². The molecule has 0 saturated carbocycles. The second-order valence-corrected chi connectivity index (χ2v) is 3.91. The first-order valence-corrected chi connectivity index (χ1v) is 5.33. The third-order valence-corrected chi connectivity index (χ3v) is 1.90. The second-order valence-electron chi connectivity index (χ2n) is 3.91.